The average molecular weight is 653 g/mol. The predicted molar refractivity (Wildman–Crippen MR) is 175 cm³/mol. The second-order valence-corrected chi connectivity index (χ2v) is 19.9. The van der Waals surface area contributed by atoms with Crippen LogP contribution in [0.3, 0.4) is 0 Å². The summed E-state index contributed by atoms with van der Waals surface area (Å²) in [5.74, 6) is -1.96. The van der Waals surface area contributed by atoms with E-state index in [4.69, 9.17) is 38.0 Å². The smallest absolute Gasteiger partial charge is 0.306 e. The number of hydrogen-bond donors (Lipinski definition) is 0. The molecule has 0 aliphatic rings. The molecule has 0 radical (unpaired) electrons. The molecule has 1 unspecified atom stereocenters. The van der Waals surface area contributed by atoms with E-state index < -0.39 is 31.1 Å². The first-order valence-electron chi connectivity index (χ1n) is 14.6. The predicted octanol–water partition coefficient (Wildman–Crippen LogP) is 9.52. The first kappa shape index (κ1) is 35.1. The zero-order valence-electron chi connectivity index (χ0n) is 26.2. The Balaban J connectivity index is 1.61. The second kappa shape index (κ2) is 15.1. The van der Waals surface area contributed by atoms with Crippen molar-refractivity contribution in [1.29, 1.82) is 0 Å². The summed E-state index contributed by atoms with van der Waals surface area (Å²) >= 11 is 12.0. The van der Waals surface area contributed by atoms with Gasteiger partial charge >= 0.3 is 5.97 Å². The third-order valence-electron chi connectivity index (χ3n) is 6.75. The number of pyridine rings is 1. The van der Waals surface area contributed by atoms with E-state index in [0.29, 0.717) is 52.4 Å². The number of nitrogens with zero attached hydrogens (tertiary/aromatic N) is 2. The molecule has 6 nitrogen and oxygen atoms in total. The van der Waals surface area contributed by atoms with Crippen molar-refractivity contribution in [2.75, 3.05) is 6.61 Å². The third-order valence-corrected chi connectivity index (χ3v) is 9.09. The number of carbonyl (C=O) groups is 1. The van der Waals surface area contributed by atoms with Crippen molar-refractivity contribution in [3.63, 3.8) is 0 Å². The molecule has 236 valence electrons. The van der Waals surface area contributed by atoms with Crippen LogP contribution in [0.2, 0.25) is 30.7 Å². The number of fused-ring (bicyclic) bond motifs is 1. The lowest BCUT2D eigenvalue weighted by molar-refractivity contribution is -0.155. The van der Waals surface area contributed by atoms with Crippen LogP contribution in [0.25, 0.3) is 11.0 Å². The molecule has 0 fully saturated rings. The molecular weight excluding hydrogens is 610 g/mol. The van der Waals surface area contributed by atoms with Gasteiger partial charge in [0, 0.05) is 39.9 Å². The molecule has 3 aromatic rings. The maximum absolute atomic E-state index is 15.1. The Hall–Kier alpha value is -2.40. The Morgan fingerprint density at radius 1 is 1.14 bits per heavy atom. The van der Waals surface area contributed by atoms with Crippen LogP contribution in [-0.2, 0) is 27.4 Å². The first-order chi connectivity index (χ1) is 20.0. The summed E-state index contributed by atoms with van der Waals surface area (Å²) in [6.45, 7) is 15.3. The van der Waals surface area contributed by atoms with Gasteiger partial charge in [0.15, 0.2) is 17.4 Å². The molecule has 0 aliphatic carbocycles. The lowest BCUT2D eigenvalue weighted by Gasteiger charge is -2.20. The van der Waals surface area contributed by atoms with Crippen LogP contribution in [0.15, 0.2) is 30.6 Å². The minimum absolute atomic E-state index is 0.192. The van der Waals surface area contributed by atoms with Gasteiger partial charge in [-0.25, -0.2) is 13.8 Å². The molecule has 0 spiro atoms. The van der Waals surface area contributed by atoms with E-state index in [9.17, 15) is 4.79 Å². The van der Waals surface area contributed by atoms with E-state index >= 15 is 8.78 Å². The fourth-order valence-electron chi connectivity index (χ4n) is 4.41. The maximum Gasteiger partial charge on any atom is 0.306 e. The monoisotopic (exact) mass is 652 g/mol. The molecule has 0 bridgehead atoms. The van der Waals surface area contributed by atoms with Gasteiger partial charge in [-0.3, -0.25) is 4.79 Å². The molecule has 2 heterocycles. The zero-order chi connectivity index (χ0) is 31.9. The summed E-state index contributed by atoms with van der Waals surface area (Å²) in [4.78, 5) is 17.0. The number of esters is 1. The highest BCUT2D eigenvalue weighted by Gasteiger charge is 2.20. The van der Waals surface area contributed by atoms with Crippen molar-refractivity contribution in [1.82, 2.24) is 9.55 Å². The molecule has 0 amide bonds. The summed E-state index contributed by atoms with van der Waals surface area (Å²) in [5, 5.41) is 0.790. The van der Waals surface area contributed by atoms with Crippen molar-refractivity contribution < 1.29 is 27.8 Å². The number of halogens is 3. The van der Waals surface area contributed by atoms with E-state index in [1.54, 1.807) is 10.8 Å². The maximum atomic E-state index is 15.1. The van der Waals surface area contributed by atoms with Gasteiger partial charge in [0.25, 0.3) is 0 Å². The zero-order valence-corrected chi connectivity index (χ0v) is 28.8. The Morgan fingerprint density at radius 2 is 1.79 bits per heavy atom. The lowest BCUT2D eigenvalue weighted by atomic mass is 9.97. The van der Waals surface area contributed by atoms with Crippen LogP contribution in [-0.4, -0.2) is 40.7 Å². The minimum atomic E-state index is -1.23. The van der Waals surface area contributed by atoms with Crippen LogP contribution >= 0.6 is 23.8 Å². The van der Waals surface area contributed by atoms with Gasteiger partial charge in [-0.1, -0.05) is 50.4 Å². The quantitative estimate of drug-likeness (QED) is 0.0705. The molecular formula is C32H43ClF2N2O4SSi. The standard InChI is InChI=1S/C32H43ClF2N2O4SSi/c1-21(9-11-28(38)41-32(2,3)4)8-10-23(42)16-22-17-25(34)30(26(35)18-22)40-27-12-13-36-31-29(27)24(33)19-37(31)20-39-14-15-43(5,6)7/h12-13,17-19,21H,8-11,14-16,20H2,1-7H3. The molecule has 1 aromatic carbocycles. The fourth-order valence-corrected chi connectivity index (χ4v) is 5.75. The van der Waals surface area contributed by atoms with E-state index in [-0.39, 0.29) is 30.8 Å². The summed E-state index contributed by atoms with van der Waals surface area (Å²) < 4.78 is 49.0. The molecule has 0 saturated carbocycles. The van der Waals surface area contributed by atoms with Gasteiger partial charge in [0.2, 0.25) is 0 Å². The van der Waals surface area contributed by atoms with Gasteiger partial charge in [-0.15, -0.1) is 0 Å². The van der Waals surface area contributed by atoms with Gasteiger partial charge in [-0.05, 0) is 80.6 Å². The minimum Gasteiger partial charge on any atom is -0.460 e. The normalized spacial score (nSPS) is 12.9. The lowest BCUT2D eigenvalue weighted by Crippen LogP contribution is -2.24. The van der Waals surface area contributed by atoms with E-state index in [1.807, 2.05) is 20.8 Å². The highest BCUT2D eigenvalue weighted by atomic mass is 35.5. The highest BCUT2D eigenvalue weighted by molar-refractivity contribution is 7.80. The summed E-state index contributed by atoms with van der Waals surface area (Å²) in [7, 11) is -1.23. The van der Waals surface area contributed by atoms with Gasteiger partial charge in [0.05, 0.1) is 10.4 Å². The Labute approximate surface area is 265 Å². The number of aromatic nitrogens is 2. The molecule has 11 heteroatoms. The van der Waals surface area contributed by atoms with E-state index in [0.717, 1.165) is 12.5 Å². The van der Waals surface area contributed by atoms with E-state index in [2.05, 4.69) is 31.5 Å². The highest BCUT2D eigenvalue weighted by Crippen LogP contribution is 2.37. The molecule has 1 atom stereocenters. The number of ether oxygens (including phenoxy) is 3. The second-order valence-electron chi connectivity index (χ2n) is 13.3. The number of benzene rings is 1. The fraction of sp³-hybridized carbons (Fsp3) is 0.531. The Kier molecular flexibility index (Phi) is 12.3. The molecule has 0 N–H and O–H groups in total. The van der Waals surface area contributed by atoms with Gasteiger partial charge in [-0.2, -0.15) is 0 Å². The van der Waals surface area contributed by atoms with Crippen molar-refractivity contribution in [2.24, 2.45) is 5.92 Å². The van der Waals surface area contributed by atoms with Crippen LogP contribution in [0.1, 0.15) is 58.9 Å². The number of carbonyl (C=O) groups excluding carboxylic acids is 1. The molecule has 3 rings (SSSR count). The van der Waals surface area contributed by atoms with Crippen LogP contribution in [0.4, 0.5) is 8.78 Å². The first-order valence-corrected chi connectivity index (χ1v) is 19.1. The molecule has 0 aliphatic heterocycles. The number of thiocarbonyl (C=S) groups is 1. The Morgan fingerprint density at radius 3 is 2.42 bits per heavy atom. The average Bonchev–Trinajstić information content (AvgIpc) is 3.20. The molecule has 0 saturated heterocycles. The summed E-state index contributed by atoms with van der Waals surface area (Å²) in [6.07, 6.45) is 5.85. The molecule has 43 heavy (non-hydrogen) atoms. The van der Waals surface area contributed by atoms with Crippen LogP contribution in [0.5, 0.6) is 11.5 Å². The van der Waals surface area contributed by atoms with Crippen molar-refractivity contribution in [3.05, 3.63) is 52.8 Å². The topological polar surface area (TPSA) is 62.6 Å². The van der Waals surface area contributed by atoms with E-state index in [1.165, 1.54) is 24.4 Å². The SMILES string of the molecule is CC(CCC(=O)OC(C)(C)C)CCC(=S)Cc1cc(F)c(Oc2ccnc3c2c(Cl)cn3COCC[Si](C)(C)C)c(F)c1. The third kappa shape index (κ3) is 11.2. The van der Waals surface area contributed by atoms with Crippen LogP contribution < -0.4 is 4.74 Å². The largest absolute Gasteiger partial charge is 0.460 e. The van der Waals surface area contributed by atoms with Crippen LogP contribution in [0, 0.1) is 17.6 Å². The summed E-state index contributed by atoms with van der Waals surface area (Å²) in [6, 6.07) is 5.04. The van der Waals surface area contributed by atoms with Gasteiger partial charge in [0.1, 0.15) is 23.7 Å². The molecule has 2 aromatic heterocycles. The van der Waals surface area contributed by atoms with Gasteiger partial charge < -0.3 is 18.8 Å². The van der Waals surface area contributed by atoms with Crippen molar-refractivity contribution in [2.45, 2.75) is 97.8 Å². The number of hydrogen-bond acceptors (Lipinski definition) is 6. The summed E-state index contributed by atoms with van der Waals surface area (Å²) in [5.41, 5.74) is 0.422. The Bertz CT molecular complexity index is 1410. The van der Waals surface area contributed by atoms with Crippen molar-refractivity contribution >= 4 is 53.8 Å². The number of rotatable bonds is 15. The van der Waals surface area contributed by atoms with Crippen molar-refractivity contribution in [3.8, 4) is 11.5 Å².